The van der Waals surface area contributed by atoms with E-state index in [-0.39, 0.29) is 17.1 Å². The molecule has 20 heavy (non-hydrogen) atoms. The van der Waals surface area contributed by atoms with E-state index in [0.717, 1.165) is 38.2 Å². The first-order valence-electron chi connectivity index (χ1n) is 7.37. The number of hydrogen-bond acceptors (Lipinski definition) is 2. The van der Waals surface area contributed by atoms with E-state index in [1.807, 2.05) is 0 Å². The predicted octanol–water partition coefficient (Wildman–Crippen LogP) is 3.74. The Balaban J connectivity index is 1.79. The fraction of sp³-hybridized carbons (Fsp3) is 0.625. The first-order valence-corrected chi connectivity index (χ1v) is 7.37. The number of ether oxygens (including phenoxy) is 1. The lowest BCUT2D eigenvalue weighted by atomic mass is 9.80. The molecule has 0 bridgehead atoms. The summed E-state index contributed by atoms with van der Waals surface area (Å²) in [5.74, 6) is -1.88. The quantitative estimate of drug-likeness (QED) is 0.895. The van der Waals surface area contributed by atoms with Crippen LogP contribution in [0.5, 0.6) is 0 Å². The third kappa shape index (κ3) is 2.47. The number of rotatable bonds is 2. The van der Waals surface area contributed by atoms with Crippen LogP contribution in [0.15, 0.2) is 18.2 Å². The molecule has 1 heterocycles. The normalized spacial score (nSPS) is 26.9. The van der Waals surface area contributed by atoms with Crippen molar-refractivity contribution < 1.29 is 18.6 Å². The maximum Gasteiger partial charge on any atom is 0.164 e. The van der Waals surface area contributed by atoms with E-state index in [1.54, 1.807) is 0 Å². The zero-order chi connectivity index (χ0) is 14.2. The van der Waals surface area contributed by atoms with Crippen LogP contribution in [0.4, 0.5) is 8.78 Å². The van der Waals surface area contributed by atoms with Gasteiger partial charge in [-0.05, 0) is 37.7 Å². The van der Waals surface area contributed by atoms with Gasteiger partial charge in [-0.15, -0.1) is 0 Å². The first kappa shape index (κ1) is 14.0. The van der Waals surface area contributed by atoms with Crippen LogP contribution in [0, 0.1) is 17.6 Å². The van der Waals surface area contributed by atoms with Gasteiger partial charge >= 0.3 is 0 Å². The molecule has 4 heteroatoms. The van der Waals surface area contributed by atoms with E-state index in [0.29, 0.717) is 13.0 Å². The minimum atomic E-state index is -0.952. The summed E-state index contributed by atoms with van der Waals surface area (Å²) in [4.78, 5) is 0. The number of halogens is 2. The van der Waals surface area contributed by atoms with E-state index in [9.17, 15) is 13.9 Å². The topological polar surface area (TPSA) is 29.5 Å². The summed E-state index contributed by atoms with van der Waals surface area (Å²) in [6.07, 6.45) is 4.81. The molecule has 1 N–H and O–H groups in total. The van der Waals surface area contributed by atoms with E-state index in [1.165, 1.54) is 12.1 Å². The summed E-state index contributed by atoms with van der Waals surface area (Å²) in [7, 11) is 0. The van der Waals surface area contributed by atoms with Crippen molar-refractivity contribution in [1.82, 2.24) is 0 Å². The van der Waals surface area contributed by atoms with Crippen LogP contribution in [-0.4, -0.2) is 17.3 Å². The Hall–Kier alpha value is -1.00. The summed E-state index contributed by atoms with van der Waals surface area (Å²) in [6.45, 7) is 0.596. The van der Waals surface area contributed by atoms with Crippen LogP contribution < -0.4 is 0 Å². The van der Waals surface area contributed by atoms with E-state index in [2.05, 4.69) is 0 Å². The summed E-state index contributed by atoms with van der Waals surface area (Å²) >= 11 is 0. The van der Waals surface area contributed by atoms with E-state index >= 15 is 0 Å². The van der Waals surface area contributed by atoms with Gasteiger partial charge in [0, 0.05) is 12.2 Å². The molecule has 110 valence electrons. The lowest BCUT2D eigenvalue weighted by Gasteiger charge is -2.40. The van der Waals surface area contributed by atoms with Gasteiger partial charge in [-0.3, -0.25) is 0 Å². The van der Waals surface area contributed by atoms with E-state index < -0.39 is 17.7 Å². The highest BCUT2D eigenvalue weighted by Gasteiger charge is 2.42. The van der Waals surface area contributed by atoms with Crippen molar-refractivity contribution in [1.29, 1.82) is 0 Å². The maximum absolute atomic E-state index is 13.8. The third-order valence-corrected chi connectivity index (χ3v) is 4.79. The molecule has 0 amide bonds. The van der Waals surface area contributed by atoms with Gasteiger partial charge in [0.2, 0.25) is 0 Å². The molecule has 0 radical (unpaired) electrons. The van der Waals surface area contributed by atoms with Crippen LogP contribution in [0.1, 0.15) is 50.2 Å². The molecule has 1 aliphatic carbocycles. The molecule has 1 aliphatic heterocycles. The van der Waals surface area contributed by atoms with Gasteiger partial charge in [0.25, 0.3) is 0 Å². The first-order chi connectivity index (χ1) is 9.61. The Kier molecular flexibility index (Phi) is 3.78. The lowest BCUT2D eigenvalue weighted by molar-refractivity contribution is -0.113. The number of hydrogen-bond donors (Lipinski definition) is 1. The molecule has 0 aromatic heterocycles. The average molecular weight is 282 g/mol. The third-order valence-electron chi connectivity index (χ3n) is 4.79. The molecule has 1 saturated carbocycles. The fourth-order valence-electron chi connectivity index (χ4n) is 3.71. The van der Waals surface area contributed by atoms with Gasteiger partial charge in [-0.25, -0.2) is 8.78 Å². The summed E-state index contributed by atoms with van der Waals surface area (Å²) in [5, 5.41) is 10.4. The number of benzene rings is 1. The molecule has 3 rings (SSSR count). The minimum Gasteiger partial charge on any atom is -0.388 e. The lowest BCUT2D eigenvalue weighted by Crippen LogP contribution is -2.39. The van der Waals surface area contributed by atoms with Crippen molar-refractivity contribution in [2.24, 2.45) is 5.92 Å². The zero-order valence-electron chi connectivity index (χ0n) is 11.4. The molecule has 1 aromatic carbocycles. The van der Waals surface area contributed by atoms with Crippen molar-refractivity contribution in [3.8, 4) is 0 Å². The fourth-order valence-corrected chi connectivity index (χ4v) is 3.71. The van der Waals surface area contributed by atoms with Crippen molar-refractivity contribution in [3.05, 3.63) is 35.4 Å². The molecule has 2 nitrogen and oxygen atoms in total. The molecule has 1 saturated heterocycles. The molecule has 2 aliphatic rings. The standard InChI is InChI=1S/C16H20F2O2/c17-13-5-3-4-12(14(13)18)15(19)11-6-9-20-16(10-11)7-1-2-8-16/h3-5,11,15,19H,1-2,6-10H2. The summed E-state index contributed by atoms with van der Waals surface area (Å²) < 4.78 is 33.0. The second kappa shape index (κ2) is 5.41. The summed E-state index contributed by atoms with van der Waals surface area (Å²) in [6, 6.07) is 4.00. The van der Waals surface area contributed by atoms with Crippen molar-refractivity contribution in [2.75, 3.05) is 6.61 Å². The van der Waals surface area contributed by atoms with Gasteiger partial charge in [-0.2, -0.15) is 0 Å². The second-order valence-electron chi connectivity index (χ2n) is 6.08. The average Bonchev–Trinajstić information content (AvgIpc) is 2.89. The van der Waals surface area contributed by atoms with Crippen LogP contribution in [0.2, 0.25) is 0 Å². The Morgan fingerprint density at radius 3 is 2.75 bits per heavy atom. The Morgan fingerprint density at radius 1 is 1.25 bits per heavy atom. The number of aliphatic hydroxyl groups excluding tert-OH is 1. The van der Waals surface area contributed by atoms with Gasteiger partial charge in [0.15, 0.2) is 11.6 Å². The van der Waals surface area contributed by atoms with Gasteiger partial charge < -0.3 is 9.84 Å². The highest BCUT2D eigenvalue weighted by Crippen LogP contribution is 2.45. The predicted molar refractivity (Wildman–Crippen MR) is 71.2 cm³/mol. The van der Waals surface area contributed by atoms with Crippen molar-refractivity contribution >= 4 is 0 Å². The maximum atomic E-state index is 13.8. The molecule has 2 atom stereocenters. The SMILES string of the molecule is OC(c1cccc(F)c1F)C1CCOC2(CCCC2)C1. The highest BCUT2D eigenvalue weighted by molar-refractivity contribution is 5.22. The van der Waals surface area contributed by atoms with Crippen molar-refractivity contribution in [3.63, 3.8) is 0 Å². The monoisotopic (exact) mass is 282 g/mol. The molecular weight excluding hydrogens is 262 g/mol. The Labute approximate surface area is 117 Å². The Morgan fingerprint density at radius 2 is 2.00 bits per heavy atom. The van der Waals surface area contributed by atoms with Crippen LogP contribution >= 0.6 is 0 Å². The van der Waals surface area contributed by atoms with Crippen LogP contribution in [0.3, 0.4) is 0 Å². The molecule has 1 spiro atoms. The van der Waals surface area contributed by atoms with Gasteiger partial charge in [-0.1, -0.05) is 25.0 Å². The van der Waals surface area contributed by atoms with Gasteiger partial charge in [0.1, 0.15) is 0 Å². The van der Waals surface area contributed by atoms with Crippen LogP contribution in [-0.2, 0) is 4.74 Å². The molecular formula is C16H20F2O2. The smallest absolute Gasteiger partial charge is 0.164 e. The Bertz CT molecular complexity index is 483. The largest absolute Gasteiger partial charge is 0.388 e. The molecule has 2 fully saturated rings. The zero-order valence-corrected chi connectivity index (χ0v) is 11.4. The molecule has 1 aromatic rings. The molecule has 2 unspecified atom stereocenters. The minimum absolute atomic E-state index is 0.0573. The summed E-state index contributed by atoms with van der Waals surface area (Å²) in [5.41, 5.74) is -0.0571. The second-order valence-corrected chi connectivity index (χ2v) is 6.08. The van der Waals surface area contributed by atoms with Crippen LogP contribution in [0.25, 0.3) is 0 Å². The van der Waals surface area contributed by atoms with Gasteiger partial charge in [0.05, 0.1) is 11.7 Å². The van der Waals surface area contributed by atoms with E-state index in [4.69, 9.17) is 4.74 Å². The highest BCUT2D eigenvalue weighted by atomic mass is 19.2. The number of aliphatic hydroxyl groups is 1. The van der Waals surface area contributed by atoms with Crippen molar-refractivity contribution in [2.45, 2.75) is 50.2 Å².